The van der Waals surface area contributed by atoms with Gasteiger partial charge in [0, 0.05) is 6.54 Å². The summed E-state index contributed by atoms with van der Waals surface area (Å²) in [7, 11) is 0. The van der Waals surface area contributed by atoms with Crippen molar-refractivity contribution in [2.75, 3.05) is 11.9 Å². The average Bonchev–Trinajstić information content (AvgIpc) is 2.79. The molecule has 2 rings (SSSR count). The van der Waals surface area contributed by atoms with E-state index in [1.165, 1.54) is 12.6 Å². The zero-order valence-electron chi connectivity index (χ0n) is 11.6. The van der Waals surface area contributed by atoms with E-state index >= 15 is 0 Å². The van der Waals surface area contributed by atoms with Crippen LogP contribution >= 0.6 is 15.9 Å². The SMILES string of the molecule is CC1CCC(CNc2cnn(CC(F)(F)F)c(=O)c2Br)C1. The lowest BCUT2D eigenvalue weighted by molar-refractivity contribution is -0.143. The zero-order chi connectivity index (χ0) is 15.6. The van der Waals surface area contributed by atoms with E-state index in [1.807, 2.05) is 0 Å². The largest absolute Gasteiger partial charge is 0.408 e. The van der Waals surface area contributed by atoms with Gasteiger partial charge in [-0.05, 0) is 40.6 Å². The first-order valence-electron chi connectivity index (χ1n) is 6.82. The van der Waals surface area contributed by atoms with Gasteiger partial charge in [-0.3, -0.25) is 4.79 Å². The molecule has 0 spiro atoms. The molecule has 0 radical (unpaired) electrons. The van der Waals surface area contributed by atoms with Gasteiger partial charge >= 0.3 is 6.18 Å². The van der Waals surface area contributed by atoms with E-state index in [0.29, 0.717) is 28.7 Å². The summed E-state index contributed by atoms with van der Waals surface area (Å²) < 4.78 is 37.4. The van der Waals surface area contributed by atoms with Gasteiger partial charge in [-0.15, -0.1) is 0 Å². The van der Waals surface area contributed by atoms with Gasteiger partial charge in [0.15, 0.2) is 0 Å². The van der Waals surface area contributed by atoms with Crippen molar-refractivity contribution in [2.45, 2.75) is 38.9 Å². The minimum absolute atomic E-state index is 0.0906. The Morgan fingerprint density at radius 1 is 1.48 bits per heavy atom. The molecule has 0 aromatic carbocycles. The summed E-state index contributed by atoms with van der Waals surface area (Å²) >= 11 is 3.06. The number of nitrogens with one attached hydrogen (secondary N) is 1. The molecule has 2 unspecified atom stereocenters. The van der Waals surface area contributed by atoms with Crippen LogP contribution in [0.5, 0.6) is 0 Å². The fourth-order valence-electron chi connectivity index (χ4n) is 2.64. The Morgan fingerprint density at radius 2 is 2.19 bits per heavy atom. The summed E-state index contributed by atoms with van der Waals surface area (Å²) in [5, 5.41) is 6.68. The number of hydrogen-bond donors (Lipinski definition) is 1. The van der Waals surface area contributed by atoms with Crippen molar-refractivity contribution in [2.24, 2.45) is 11.8 Å². The molecule has 1 aromatic rings. The smallest absolute Gasteiger partial charge is 0.382 e. The van der Waals surface area contributed by atoms with E-state index in [1.54, 1.807) is 0 Å². The number of nitrogens with zero attached hydrogens (tertiary/aromatic N) is 2. The highest BCUT2D eigenvalue weighted by atomic mass is 79.9. The van der Waals surface area contributed by atoms with Gasteiger partial charge in [0.1, 0.15) is 11.0 Å². The Hall–Kier alpha value is -1.05. The van der Waals surface area contributed by atoms with Crippen molar-refractivity contribution in [3.8, 4) is 0 Å². The van der Waals surface area contributed by atoms with E-state index in [-0.39, 0.29) is 4.47 Å². The first-order valence-corrected chi connectivity index (χ1v) is 7.62. The predicted molar refractivity (Wildman–Crippen MR) is 77.2 cm³/mol. The van der Waals surface area contributed by atoms with Crippen LogP contribution in [0.25, 0.3) is 0 Å². The lowest BCUT2D eigenvalue weighted by atomic mass is 10.1. The monoisotopic (exact) mass is 367 g/mol. The van der Waals surface area contributed by atoms with E-state index in [2.05, 4.69) is 33.3 Å². The molecule has 1 N–H and O–H groups in total. The predicted octanol–water partition coefficient (Wildman–Crippen LogP) is 3.42. The van der Waals surface area contributed by atoms with Gasteiger partial charge in [-0.1, -0.05) is 13.3 Å². The highest BCUT2D eigenvalue weighted by molar-refractivity contribution is 9.10. The van der Waals surface area contributed by atoms with Crippen molar-refractivity contribution in [1.82, 2.24) is 9.78 Å². The van der Waals surface area contributed by atoms with E-state index in [0.717, 1.165) is 12.8 Å². The van der Waals surface area contributed by atoms with Crippen molar-refractivity contribution in [3.05, 3.63) is 21.0 Å². The van der Waals surface area contributed by atoms with Crippen molar-refractivity contribution in [3.63, 3.8) is 0 Å². The summed E-state index contributed by atoms with van der Waals surface area (Å²) in [6.45, 7) is 1.52. The molecule has 2 atom stereocenters. The second-order valence-corrected chi connectivity index (χ2v) is 6.41. The van der Waals surface area contributed by atoms with E-state index in [9.17, 15) is 18.0 Å². The van der Waals surface area contributed by atoms with Crippen LogP contribution in [-0.2, 0) is 6.54 Å². The fourth-order valence-corrected chi connectivity index (χ4v) is 3.08. The van der Waals surface area contributed by atoms with Crippen LogP contribution in [0.1, 0.15) is 26.2 Å². The van der Waals surface area contributed by atoms with Crippen LogP contribution in [0.3, 0.4) is 0 Å². The van der Waals surface area contributed by atoms with Gasteiger partial charge in [-0.25, -0.2) is 4.68 Å². The fraction of sp³-hybridized carbons (Fsp3) is 0.692. The van der Waals surface area contributed by atoms with E-state index in [4.69, 9.17) is 0 Å². The van der Waals surface area contributed by atoms with Gasteiger partial charge in [0.2, 0.25) is 0 Å². The third-order valence-corrected chi connectivity index (χ3v) is 4.46. The number of anilines is 1. The molecule has 1 saturated carbocycles. The molecule has 1 aliphatic carbocycles. The Labute approximate surface area is 128 Å². The highest BCUT2D eigenvalue weighted by Crippen LogP contribution is 2.30. The maximum Gasteiger partial charge on any atom is 0.408 e. The summed E-state index contributed by atoms with van der Waals surface area (Å²) in [5.41, 5.74) is -0.338. The Kier molecular flexibility index (Phi) is 4.95. The first kappa shape index (κ1) is 16.3. The second-order valence-electron chi connectivity index (χ2n) is 5.62. The first-order chi connectivity index (χ1) is 9.76. The molecule has 1 aromatic heterocycles. The maximum atomic E-state index is 12.3. The summed E-state index contributed by atoms with van der Waals surface area (Å²) in [6.07, 6.45) is 0.243. The lowest BCUT2D eigenvalue weighted by Crippen LogP contribution is -2.31. The normalized spacial score (nSPS) is 22.5. The molecule has 0 aliphatic heterocycles. The molecule has 8 heteroatoms. The number of halogens is 4. The number of aromatic nitrogens is 2. The second kappa shape index (κ2) is 6.37. The molecule has 0 amide bonds. The molecular formula is C13H17BrF3N3O. The van der Waals surface area contributed by atoms with Crippen molar-refractivity contribution >= 4 is 21.6 Å². The summed E-state index contributed by atoms with van der Waals surface area (Å²) in [5.74, 6) is 1.24. The van der Waals surface area contributed by atoms with Crippen molar-refractivity contribution in [1.29, 1.82) is 0 Å². The van der Waals surface area contributed by atoms with Crippen molar-refractivity contribution < 1.29 is 13.2 Å². The van der Waals surface area contributed by atoms with Crippen LogP contribution in [0.2, 0.25) is 0 Å². The molecule has 1 heterocycles. The van der Waals surface area contributed by atoms with Gasteiger partial charge in [0.25, 0.3) is 5.56 Å². The quantitative estimate of drug-likeness (QED) is 0.886. The Balaban J connectivity index is 2.05. The molecule has 0 bridgehead atoms. The Morgan fingerprint density at radius 3 is 2.76 bits per heavy atom. The molecule has 118 valence electrons. The molecule has 1 aliphatic rings. The van der Waals surface area contributed by atoms with Gasteiger partial charge in [0.05, 0.1) is 11.9 Å². The number of rotatable bonds is 4. The minimum Gasteiger partial charge on any atom is -0.382 e. The standard InChI is InChI=1S/C13H17BrF3N3O/c1-8-2-3-9(4-8)5-18-10-6-19-20(7-13(15,16)17)12(21)11(10)14/h6,8-9,18H,2-5,7H2,1H3. The van der Waals surface area contributed by atoms with Gasteiger partial charge in [-0.2, -0.15) is 18.3 Å². The number of alkyl halides is 3. The molecule has 21 heavy (non-hydrogen) atoms. The topological polar surface area (TPSA) is 46.9 Å². The molecule has 0 saturated heterocycles. The minimum atomic E-state index is -4.47. The van der Waals surface area contributed by atoms with Crippen LogP contribution in [0.4, 0.5) is 18.9 Å². The van der Waals surface area contributed by atoms with Gasteiger partial charge < -0.3 is 5.32 Å². The third kappa shape index (κ3) is 4.46. The van der Waals surface area contributed by atoms with E-state index < -0.39 is 18.3 Å². The lowest BCUT2D eigenvalue weighted by Gasteiger charge is -2.14. The average molecular weight is 368 g/mol. The highest BCUT2D eigenvalue weighted by Gasteiger charge is 2.29. The molecular weight excluding hydrogens is 351 g/mol. The third-order valence-electron chi connectivity index (χ3n) is 3.70. The zero-order valence-corrected chi connectivity index (χ0v) is 13.2. The summed E-state index contributed by atoms with van der Waals surface area (Å²) in [6, 6.07) is 0. The van der Waals surface area contributed by atoms with Crippen LogP contribution in [0, 0.1) is 11.8 Å². The van der Waals surface area contributed by atoms with Crippen LogP contribution in [0.15, 0.2) is 15.5 Å². The molecule has 4 nitrogen and oxygen atoms in total. The summed E-state index contributed by atoms with van der Waals surface area (Å²) in [4.78, 5) is 11.8. The Bertz CT molecular complexity index is 559. The van der Waals surface area contributed by atoms with Crippen LogP contribution in [-0.4, -0.2) is 22.5 Å². The number of hydrogen-bond acceptors (Lipinski definition) is 3. The maximum absolute atomic E-state index is 12.3. The van der Waals surface area contributed by atoms with Crippen LogP contribution < -0.4 is 10.9 Å². The molecule has 1 fully saturated rings.